The highest BCUT2D eigenvalue weighted by Gasteiger charge is 2.53. The number of rotatable bonds is 3. The normalized spacial score (nSPS) is 34.1. The van der Waals surface area contributed by atoms with Gasteiger partial charge in [0.1, 0.15) is 5.69 Å². The zero-order chi connectivity index (χ0) is 17.9. The van der Waals surface area contributed by atoms with E-state index in [0.29, 0.717) is 0 Å². The number of nitrogens with zero attached hydrogens (tertiary/aromatic N) is 2. The summed E-state index contributed by atoms with van der Waals surface area (Å²) in [5, 5.41) is 3.12. The zero-order valence-electron chi connectivity index (χ0n) is 15.2. The van der Waals surface area contributed by atoms with E-state index in [4.69, 9.17) is 0 Å². The molecule has 1 amide bonds. The number of amides is 1. The minimum absolute atomic E-state index is 0.0626. The average Bonchev–Trinajstić information content (AvgIpc) is 2.54. The van der Waals surface area contributed by atoms with E-state index in [9.17, 15) is 14.4 Å². The molecule has 4 aliphatic carbocycles. The van der Waals surface area contributed by atoms with Crippen LogP contribution in [0.15, 0.2) is 15.7 Å². The van der Waals surface area contributed by atoms with E-state index < -0.39 is 11.2 Å². The molecule has 4 fully saturated rings. The van der Waals surface area contributed by atoms with Gasteiger partial charge in [-0.05, 0) is 68.6 Å². The van der Waals surface area contributed by atoms with Gasteiger partial charge in [-0.1, -0.05) is 0 Å². The van der Waals surface area contributed by atoms with Crippen LogP contribution in [0.4, 0.5) is 0 Å². The molecule has 6 nitrogen and oxygen atoms in total. The molecule has 5 rings (SSSR count). The van der Waals surface area contributed by atoms with Crippen molar-refractivity contribution < 1.29 is 4.79 Å². The Bertz CT molecular complexity index is 800. The number of aromatic nitrogens is 2. The lowest BCUT2D eigenvalue weighted by atomic mass is 9.48. The van der Waals surface area contributed by atoms with Crippen molar-refractivity contribution in [2.45, 2.75) is 51.5 Å². The van der Waals surface area contributed by atoms with Crippen LogP contribution >= 0.6 is 0 Å². The topological polar surface area (TPSA) is 73.1 Å². The van der Waals surface area contributed by atoms with Gasteiger partial charge in [0, 0.05) is 26.2 Å². The fraction of sp³-hybridized carbons (Fsp3) is 0.737. The third-order valence-electron chi connectivity index (χ3n) is 7.11. The van der Waals surface area contributed by atoms with E-state index in [0.717, 1.165) is 22.3 Å². The van der Waals surface area contributed by atoms with E-state index >= 15 is 0 Å². The molecule has 25 heavy (non-hydrogen) atoms. The summed E-state index contributed by atoms with van der Waals surface area (Å²) in [4.78, 5) is 36.7. The Hall–Kier alpha value is -1.85. The minimum Gasteiger partial charge on any atom is -0.348 e. The van der Waals surface area contributed by atoms with E-state index in [1.807, 2.05) is 0 Å². The lowest BCUT2D eigenvalue weighted by Crippen LogP contribution is -2.56. The highest BCUT2D eigenvalue weighted by molar-refractivity contribution is 5.92. The molecular weight excluding hydrogens is 318 g/mol. The molecule has 1 N–H and O–H groups in total. The molecule has 6 heteroatoms. The van der Waals surface area contributed by atoms with Crippen LogP contribution in [0.2, 0.25) is 0 Å². The maximum atomic E-state index is 12.8. The van der Waals surface area contributed by atoms with Crippen LogP contribution in [-0.4, -0.2) is 21.1 Å². The molecule has 0 radical (unpaired) electrons. The Kier molecular flexibility index (Phi) is 3.71. The predicted octanol–water partition coefficient (Wildman–Crippen LogP) is 1.42. The maximum Gasteiger partial charge on any atom is 0.331 e. The van der Waals surface area contributed by atoms with Crippen molar-refractivity contribution in [3.05, 3.63) is 32.6 Å². The fourth-order valence-electron chi connectivity index (χ4n) is 6.08. The molecule has 4 bridgehead atoms. The first-order chi connectivity index (χ1) is 11.8. The summed E-state index contributed by atoms with van der Waals surface area (Å²) in [6.07, 6.45) is 7.71. The molecule has 0 unspecified atom stereocenters. The highest BCUT2D eigenvalue weighted by atomic mass is 16.2. The smallest absolute Gasteiger partial charge is 0.331 e. The van der Waals surface area contributed by atoms with Gasteiger partial charge in [-0.15, -0.1) is 0 Å². The maximum absolute atomic E-state index is 12.8. The van der Waals surface area contributed by atoms with Crippen LogP contribution in [0.25, 0.3) is 0 Å². The van der Waals surface area contributed by atoms with Gasteiger partial charge in [-0.3, -0.25) is 18.7 Å². The van der Waals surface area contributed by atoms with Crippen molar-refractivity contribution in [2.24, 2.45) is 37.3 Å². The molecule has 0 spiro atoms. The van der Waals surface area contributed by atoms with Crippen molar-refractivity contribution in [3.63, 3.8) is 0 Å². The SMILES string of the molecule is C[C@H](NC(=O)c1cc(=O)n(C)c(=O)n1C)C12CC3CC(CC(C3)C1)C2. The van der Waals surface area contributed by atoms with Crippen molar-refractivity contribution in [1.29, 1.82) is 0 Å². The van der Waals surface area contributed by atoms with Gasteiger partial charge in [-0.25, -0.2) is 4.79 Å². The Labute approximate surface area is 147 Å². The number of carbonyl (C=O) groups excluding carboxylic acids is 1. The van der Waals surface area contributed by atoms with E-state index in [1.54, 1.807) is 0 Å². The monoisotopic (exact) mass is 345 g/mol. The first-order valence-electron chi connectivity index (χ1n) is 9.37. The summed E-state index contributed by atoms with van der Waals surface area (Å²) >= 11 is 0. The summed E-state index contributed by atoms with van der Waals surface area (Å²) in [6, 6.07) is 1.32. The minimum atomic E-state index is -0.472. The second-order valence-corrected chi connectivity index (χ2v) is 8.74. The summed E-state index contributed by atoms with van der Waals surface area (Å²) in [6.45, 7) is 2.10. The fourth-order valence-corrected chi connectivity index (χ4v) is 6.08. The summed E-state index contributed by atoms with van der Waals surface area (Å²) < 4.78 is 2.27. The molecule has 0 aliphatic heterocycles. The second-order valence-electron chi connectivity index (χ2n) is 8.74. The summed E-state index contributed by atoms with van der Waals surface area (Å²) in [5.74, 6) is 2.14. The number of hydrogen-bond donors (Lipinski definition) is 1. The van der Waals surface area contributed by atoms with Gasteiger partial charge in [-0.2, -0.15) is 0 Å². The standard InChI is InChI=1S/C19H27N3O3/c1-11(19-8-12-4-13(9-19)6-14(5-12)10-19)20-17(24)15-7-16(23)22(3)18(25)21(15)2/h7,11-14H,4-6,8-10H2,1-3H3,(H,20,24)/t11-,12?,13?,14?,19?/m0/s1. The lowest BCUT2D eigenvalue weighted by Gasteiger charge is -2.59. The molecule has 0 aromatic carbocycles. The molecule has 1 aromatic heterocycles. The van der Waals surface area contributed by atoms with Crippen molar-refractivity contribution in [3.8, 4) is 0 Å². The van der Waals surface area contributed by atoms with Gasteiger partial charge in [0.2, 0.25) is 0 Å². The molecule has 0 saturated heterocycles. The first-order valence-corrected chi connectivity index (χ1v) is 9.37. The number of carbonyl (C=O) groups is 1. The van der Waals surface area contributed by atoms with Gasteiger partial charge in [0.15, 0.2) is 0 Å². The average molecular weight is 345 g/mol. The molecular formula is C19H27N3O3. The largest absolute Gasteiger partial charge is 0.348 e. The molecule has 4 aliphatic rings. The predicted molar refractivity (Wildman–Crippen MR) is 94.5 cm³/mol. The van der Waals surface area contributed by atoms with Crippen LogP contribution in [0.5, 0.6) is 0 Å². The Balaban J connectivity index is 1.58. The van der Waals surface area contributed by atoms with Crippen LogP contribution in [0.3, 0.4) is 0 Å². The van der Waals surface area contributed by atoms with Gasteiger partial charge in [0.25, 0.3) is 11.5 Å². The lowest BCUT2D eigenvalue weighted by molar-refractivity contribution is -0.0688. The Morgan fingerprint density at radius 3 is 2.12 bits per heavy atom. The number of nitrogens with one attached hydrogen (secondary N) is 1. The first kappa shape index (κ1) is 16.6. The Morgan fingerprint density at radius 2 is 1.60 bits per heavy atom. The quantitative estimate of drug-likeness (QED) is 0.900. The van der Waals surface area contributed by atoms with Gasteiger partial charge in [0.05, 0.1) is 0 Å². The third-order valence-corrected chi connectivity index (χ3v) is 7.11. The van der Waals surface area contributed by atoms with E-state index in [-0.39, 0.29) is 23.1 Å². The van der Waals surface area contributed by atoms with Crippen molar-refractivity contribution in [1.82, 2.24) is 14.5 Å². The third kappa shape index (κ3) is 2.57. The molecule has 1 atom stereocenters. The summed E-state index contributed by atoms with van der Waals surface area (Å²) in [5.41, 5.74) is -0.580. The summed E-state index contributed by atoms with van der Waals surface area (Å²) in [7, 11) is 2.95. The van der Waals surface area contributed by atoms with E-state index in [2.05, 4.69) is 12.2 Å². The van der Waals surface area contributed by atoms with Crippen molar-refractivity contribution >= 4 is 5.91 Å². The van der Waals surface area contributed by atoms with Gasteiger partial charge >= 0.3 is 5.69 Å². The highest BCUT2D eigenvalue weighted by Crippen LogP contribution is 2.61. The van der Waals surface area contributed by atoms with Crippen LogP contribution < -0.4 is 16.6 Å². The molecule has 1 heterocycles. The number of hydrogen-bond acceptors (Lipinski definition) is 3. The molecule has 4 saturated carbocycles. The van der Waals surface area contributed by atoms with Crippen LogP contribution in [-0.2, 0) is 14.1 Å². The molecule has 136 valence electrons. The Morgan fingerprint density at radius 1 is 1.08 bits per heavy atom. The second kappa shape index (κ2) is 5.58. The van der Waals surface area contributed by atoms with E-state index in [1.165, 1.54) is 63.3 Å². The van der Waals surface area contributed by atoms with Crippen molar-refractivity contribution in [2.75, 3.05) is 0 Å². The van der Waals surface area contributed by atoms with Crippen LogP contribution in [0.1, 0.15) is 55.9 Å². The molecule has 1 aromatic rings. The van der Waals surface area contributed by atoms with Gasteiger partial charge < -0.3 is 5.32 Å². The zero-order valence-corrected chi connectivity index (χ0v) is 15.2. The van der Waals surface area contributed by atoms with Crippen LogP contribution in [0, 0.1) is 23.2 Å².